The van der Waals surface area contributed by atoms with Crippen molar-refractivity contribution in [3.8, 4) is 28.4 Å². The Labute approximate surface area is 439 Å². The third-order valence-corrected chi connectivity index (χ3v) is 14.3. The molecule has 1 aliphatic heterocycles. The van der Waals surface area contributed by atoms with E-state index in [1.54, 1.807) is 0 Å². The van der Waals surface area contributed by atoms with Crippen molar-refractivity contribution in [2.75, 3.05) is 9.80 Å². The zero-order chi connectivity index (χ0) is 48.9. The minimum absolute atomic E-state index is 0. The van der Waals surface area contributed by atoms with E-state index in [0.717, 1.165) is 50.3 Å². The molecule has 0 bridgehead atoms. The van der Waals surface area contributed by atoms with Crippen LogP contribution in [0.4, 0.5) is 11.4 Å². The summed E-state index contributed by atoms with van der Waals surface area (Å²) >= 11 is 0. The molecule has 0 saturated carbocycles. The average molecular weight is 1120 g/mol. The van der Waals surface area contributed by atoms with Crippen LogP contribution >= 0.6 is 0 Å². The van der Waals surface area contributed by atoms with Gasteiger partial charge in [-0.15, -0.1) is 48.1 Å². The number of fused-ring (bicyclic) bond motifs is 3. The Morgan fingerprint density at radius 2 is 1.10 bits per heavy atom. The van der Waals surface area contributed by atoms with Gasteiger partial charge in [0.25, 0.3) is 0 Å². The van der Waals surface area contributed by atoms with Crippen LogP contribution in [0.5, 0.6) is 11.5 Å². The molecule has 6 heteroatoms. The van der Waals surface area contributed by atoms with Crippen molar-refractivity contribution in [3.63, 3.8) is 0 Å². The molecule has 2 aromatic heterocycles. The number of hydrogen-bond acceptors (Lipinski definition) is 4. The Bertz CT molecular complexity index is 3580. The first-order valence-electron chi connectivity index (χ1n) is 24.5. The largest absolute Gasteiger partial charge is 0.509 e. The average Bonchev–Trinajstić information content (AvgIpc) is 3.99. The van der Waals surface area contributed by atoms with Crippen LogP contribution < -0.4 is 14.5 Å². The molecule has 0 fully saturated rings. The zero-order valence-corrected chi connectivity index (χ0v) is 44.1. The minimum Gasteiger partial charge on any atom is -0.509 e. The Morgan fingerprint density at radius 1 is 0.486 bits per heavy atom. The van der Waals surface area contributed by atoms with Gasteiger partial charge in [0.05, 0.1) is 0 Å². The van der Waals surface area contributed by atoms with Crippen molar-refractivity contribution in [3.05, 3.63) is 265 Å². The van der Waals surface area contributed by atoms with Crippen molar-refractivity contribution < 1.29 is 25.8 Å². The monoisotopic (exact) mass is 1120 g/mol. The molecule has 0 atom stereocenters. The Morgan fingerprint density at radius 3 is 1.75 bits per heavy atom. The first-order valence-corrected chi connectivity index (χ1v) is 24.5. The third kappa shape index (κ3) is 9.19. The van der Waals surface area contributed by atoms with Gasteiger partial charge in [-0.3, -0.25) is 0 Å². The molecule has 0 amide bonds. The fraction of sp³-hybridized carbons (Fsp3) is 0.152. The van der Waals surface area contributed by atoms with Crippen molar-refractivity contribution in [1.82, 2.24) is 9.55 Å². The summed E-state index contributed by atoms with van der Waals surface area (Å²) < 4.78 is 9.04. The zero-order valence-electron chi connectivity index (χ0n) is 41.8. The van der Waals surface area contributed by atoms with E-state index in [-0.39, 0.29) is 37.3 Å². The van der Waals surface area contributed by atoms with Crippen LogP contribution in [-0.4, -0.2) is 9.55 Å². The number of benzene rings is 8. The molecule has 0 N–H and O–H groups in total. The van der Waals surface area contributed by atoms with E-state index in [2.05, 4.69) is 270 Å². The molecule has 11 rings (SSSR count). The van der Waals surface area contributed by atoms with E-state index in [4.69, 9.17) is 9.72 Å². The van der Waals surface area contributed by atoms with Crippen LogP contribution in [-0.2, 0) is 37.3 Å². The number of anilines is 2. The first-order chi connectivity index (χ1) is 34.3. The molecule has 8 aromatic carbocycles. The molecule has 72 heavy (non-hydrogen) atoms. The summed E-state index contributed by atoms with van der Waals surface area (Å²) in [5.41, 5.74) is 14.0. The summed E-state index contributed by atoms with van der Waals surface area (Å²) in [7, 11) is 0. The SMILES string of the molecule is CC(C)(C)c1cc(-c2ccccc2)cc(N2C=C(c3ccccc3)N(c3[c-]c(Oc4[c-]c5c(cc4)c4cc(C(C)(C)c6ccccc6)ccc4n5-c4cc(C(C)(C)c5ccccc5)ccn4)ccc3)[CH-]2)c1.[Pt]. The predicted molar refractivity (Wildman–Crippen MR) is 294 cm³/mol. The summed E-state index contributed by atoms with van der Waals surface area (Å²) in [6.07, 6.45) is 4.14. The van der Waals surface area contributed by atoms with Gasteiger partial charge < -0.3 is 19.1 Å². The quantitative estimate of drug-likeness (QED) is 0.121. The molecule has 5 nitrogen and oxygen atoms in total. The summed E-state index contributed by atoms with van der Waals surface area (Å²) in [5.74, 6) is 1.98. The van der Waals surface area contributed by atoms with E-state index in [1.807, 2.05) is 24.4 Å². The van der Waals surface area contributed by atoms with Gasteiger partial charge in [0.2, 0.25) is 0 Å². The van der Waals surface area contributed by atoms with Crippen LogP contribution in [0.15, 0.2) is 213 Å². The number of ether oxygens (including phenoxy) is 1. The maximum absolute atomic E-state index is 6.80. The molecule has 3 heterocycles. The first kappa shape index (κ1) is 48.2. The fourth-order valence-electron chi connectivity index (χ4n) is 9.90. The number of pyridine rings is 1. The number of rotatable bonds is 11. The van der Waals surface area contributed by atoms with Gasteiger partial charge in [0.15, 0.2) is 0 Å². The molecule has 10 aromatic rings. The molecule has 0 spiro atoms. The Hall–Kier alpha value is -7.46. The maximum atomic E-state index is 6.80. The van der Waals surface area contributed by atoms with Gasteiger partial charge in [-0.2, -0.15) is 12.1 Å². The normalized spacial score (nSPS) is 13.1. The summed E-state index contributed by atoms with van der Waals surface area (Å²) in [5, 5.41) is 2.20. The molecule has 0 radical (unpaired) electrons. The molecule has 0 aliphatic carbocycles. The Kier molecular flexibility index (Phi) is 12.9. The van der Waals surface area contributed by atoms with Gasteiger partial charge in [-0.25, -0.2) is 4.98 Å². The number of nitrogens with zero attached hydrogens (tertiary/aromatic N) is 4. The minimum atomic E-state index is -0.260. The van der Waals surface area contributed by atoms with E-state index in [1.165, 1.54) is 38.9 Å². The molecular weight excluding hydrogens is 1060 g/mol. The standard InChI is InChI=1S/C66H57N4O.Pt/c1-64(2,3)53-37-48(46-21-12-8-13-22-46)38-55(39-53)68-44-62(47-23-14-9-15-24-47)69(45-68)54-29-20-30-56(42-54)71-57-32-33-58-59-40-51(65(4,5)49-25-16-10-17-26-49)31-34-60(59)70(61(58)43-57)63-41-52(35-36-67-63)66(6,7)50-27-18-11-19-28-50;/h8-41,44-45H,1-7H3;/q-3;. The Balaban J connectivity index is 0.00000596. The van der Waals surface area contributed by atoms with Crippen LogP contribution in [0.3, 0.4) is 0 Å². The van der Waals surface area contributed by atoms with Gasteiger partial charge >= 0.3 is 0 Å². The second-order valence-electron chi connectivity index (χ2n) is 20.7. The third-order valence-electron chi connectivity index (χ3n) is 14.3. The summed E-state index contributed by atoms with van der Waals surface area (Å²) in [6.45, 7) is 18.1. The van der Waals surface area contributed by atoms with Crippen molar-refractivity contribution in [2.24, 2.45) is 0 Å². The van der Waals surface area contributed by atoms with Gasteiger partial charge in [-0.1, -0.05) is 194 Å². The van der Waals surface area contributed by atoms with Crippen molar-refractivity contribution in [2.45, 2.75) is 64.7 Å². The smallest absolute Gasteiger partial charge is 0.135 e. The van der Waals surface area contributed by atoms with E-state index in [0.29, 0.717) is 11.5 Å². The second-order valence-corrected chi connectivity index (χ2v) is 20.7. The number of hydrogen-bond donors (Lipinski definition) is 0. The summed E-state index contributed by atoms with van der Waals surface area (Å²) in [4.78, 5) is 9.47. The molecule has 1 aliphatic rings. The predicted octanol–water partition coefficient (Wildman–Crippen LogP) is 16.6. The molecule has 0 unspecified atom stereocenters. The summed E-state index contributed by atoms with van der Waals surface area (Å²) in [6, 6.07) is 78.3. The van der Waals surface area contributed by atoms with Gasteiger partial charge in [-0.05, 0) is 91.8 Å². The van der Waals surface area contributed by atoms with Crippen LogP contribution in [0.25, 0.3) is 44.4 Å². The van der Waals surface area contributed by atoms with E-state index in [9.17, 15) is 0 Å². The van der Waals surface area contributed by atoms with Crippen LogP contribution in [0, 0.1) is 18.8 Å². The van der Waals surface area contributed by atoms with Crippen LogP contribution in [0.1, 0.15) is 81.8 Å². The van der Waals surface area contributed by atoms with Crippen LogP contribution in [0.2, 0.25) is 0 Å². The van der Waals surface area contributed by atoms with E-state index < -0.39 is 0 Å². The topological polar surface area (TPSA) is 33.5 Å². The van der Waals surface area contributed by atoms with Crippen molar-refractivity contribution in [1.29, 1.82) is 0 Å². The van der Waals surface area contributed by atoms with Gasteiger partial charge in [0.1, 0.15) is 5.82 Å². The number of aromatic nitrogens is 2. The van der Waals surface area contributed by atoms with Crippen molar-refractivity contribution >= 4 is 38.9 Å². The molecular formula is C66H57N4OPt-3. The second kappa shape index (κ2) is 19.3. The van der Waals surface area contributed by atoms with Gasteiger partial charge in [0, 0.05) is 66.5 Å². The molecule has 0 saturated heterocycles. The maximum Gasteiger partial charge on any atom is 0.135 e. The fourth-order valence-corrected chi connectivity index (χ4v) is 9.90. The molecule has 360 valence electrons. The van der Waals surface area contributed by atoms with E-state index >= 15 is 0 Å².